The van der Waals surface area contributed by atoms with Gasteiger partial charge in [-0.05, 0) is 0 Å². The van der Waals surface area contributed by atoms with Gasteiger partial charge in [0.1, 0.15) is 12.4 Å². The van der Waals surface area contributed by atoms with E-state index in [4.69, 9.17) is 0 Å². The fourth-order valence-corrected chi connectivity index (χ4v) is 0.544. The number of aliphatic imine (C=N–C) groups is 1. The van der Waals surface area contributed by atoms with Crippen LogP contribution in [0.15, 0.2) is 4.99 Å². The van der Waals surface area contributed by atoms with Crippen molar-refractivity contribution in [3.8, 4) is 0 Å². The molecule has 1 aliphatic heterocycles. The summed E-state index contributed by atoms with van der Waals surface area (Å²) < 4.78 is 0. The van der Waals surface area contributed by atoms with Gasteiger partial charge in [0.15, 0.2) is 0 Å². The van der Waals surface area contributed by atoms with Crippen LogP contribution in [0.5, 0.6) is 0 Å². The van der Waals surface area contributed by atoms with Gasteiger partial charge in [-0.2, -0.15) is 0 Å². The van der Waals surface area contributed by atoms with Crippen molar-refractivity contribution < 1.29 is 5.11 Å². The van der Waals surface area contributed by atoms with Gasteiger partial charge in [-0.25, -0.2) is 5.11 Å². The molecule has 1 heterocycles. The molecule has 0 aromatic carbocycles. The summed E-state index contributed by atoms with van der Waals surface area (Å²) >= 11 is 0. The van der Waals surface area contributed by atoms with Crippen molar-refractivity contribution in [1.29, 1.82) is 0 Å². The van der Waals surface area contributed by atoms with E-state index >= 15 is 0 Å². The van der Waals surface area contributed by atoms with Crippen LogP contribution in [0.4, 0.5) is 0 Å². The molecule has 0 saturated carbocycles. The molecule has 0 amide bonds. The largest absolute Gasteiger partial charge is 0.370 e. The molecule has 1 rings (SSSR count). The summed E-state index contributed by atoms with van der Waals surface area (Å²) in [6, 6.07) is 0. The lowest BCUT2D eigenvalue weighted by Gasteiger charge is -1.89. The maximum absolute atomic E-state index is 9.94. The highest BCUT2D eigenvalue weighted by molar-refractivity contribution is 5.84. The number of nitrogens with zero attached hydrogens (tertiary/aromatic N) is 1. The molecule has 0 atom stereocenters. The van der Waals surface area contributed by atoms with E-state index in [2.05, 4.69) is 10.3 Å². The summed E-state index contributed by atoms with van der Waals surface area (Å²) in [6.07, 6.45) is 0. The van der Waals surface area contributed by atoms with Crippen LogP contribution in [0, 0.1) is 0 Å². The zero-order valence-corrected chi connectivity index (χ0v) is 3.98. The van der Waals surface area contributed by atoms with Gasteiger partial charge in [0, 0.05) is 6.54 Å². The maximum Gasteiger partial charge on any atom is 0.139 e. The van der Waals surface area contributed by atoms with Gasteiger partial charge >= 0.3 is 0 Å². The lowest BCUT2D eigenvalue weighted by atomic mass is 10.6. The minimum atomic E-state index is -0.194. The number of hydrogen-bond donors (Lipinski definition) is 1. The van der Waals surface area contributed by atoms with E-state index < -0.39 is 0 Å². The van der Waals surface area contributed by atoms with E-state index in [0.29, 0.717) is 5.84 Å². The minimum absolute atomic E-state index is 0.194. The first-order valence-corrected chi connectivity index (χ1v) is 2.29. The van der Waals surface area contributed by atoms with Crippen LogP contribution in [0.1, 0.15) is 0 Å². The van der Waals surface area contributed by atoms with Crippen LogP contribution in [-0.4, -0.2) is 25.5 Å². The SMILES string of the molecule is [O]CC1=NCCN1. The summed E-state index contributed by atoms with van der Waals surface area (Å²) in [5.41, 5.74) is 0. The Labute approximate surface area is 42.1 Å². The highest BCUT2D eigenvalue weighted by Gasteiger charge is 2.00. The molecule has 0 aromatic rings. The van der Waals surface area contributed by atoms with Crippen molar-refractivity contribution in [2.45, 2.75) is 0 Å². The average Bonchev–Trinajstić information content (AvgIpc) is 2.14. The molecular formula is C4H7N2O. The highest BCUT2D eigenvalue weighted by Crippen LogP contribution is 1.81. The van der Waals surface area contributed by atoms with Crippen LogP contribution in [-0.2, 0) is 5.11 Å². The normalized spacial score (nSPS) is 18.7. The van der Waals surface area contributed by atoms with E-state index in [9.17, 15) is 5.11 Å². The Morgan fingerprint density at radius 3 is 3.00 bits per heavy atom. The smallest absolute Gasteiger partial charge is 0.139 e. The third-order valence-electron chi connectivity index (χ3n) is 0.880. The van der Waals surface area contributed by atoms with Gasteiger partial charge in [0.05, 0.1) is 6.54 Å². The van der Waals surface area contributed by atoms with Crippen molar-refractivity contribution in [1.82, 2.24) is 5.32 Å². The topological polar surface area (TPSA) is 44.3 Å². The van der Waals surface area contributed by atoms with Gasteiger partial charge < -0.3 is 5.32 Å². The maximum atomic E-state index is 9.94. The Bertz CT molecular complexity index is 89.7. The van der Waals surface area contributed by atoms with Gasteiger partial charge in [0.2, 0.25) is 0 Å². The molecule has 0 bridgehead atoms. The molecular weight excluding hydrogens is 92.1 g/mol. The summed E-state index contributed by atoms with van der Waals surface area (Å²) in [5.74, 6) is 0.611. The predicted octanol–water partition coefficient (Wildman–Crippen LogP) is -0.581. The van der Waals surface area contributed by atoms with Crippen LogP contribution in [0.25, 0.3) is 0 Å². The summed E-state index contributed by atoms with van der Waals surface area (Å²) in [5, 5.41) is 12.8. The molecule has 3 nitrogen and oxygen atoms in total. The fraction of sp³-hybridized carbons (Fsp3) is 0.750. The molecule has 39 valence electrons. The zero-order chi connectivity index (χ0) is 5.11. The molecule has 0 aromatic heterocycles. The van der Waals surface area contributed by atoms with Crippen molar-refractivity contribution in [3.05, 3.63) is 0 Å². The molecule has 0 unspecified atom stereocenters. The van der Waals surface area contributed by atoms with Crippen LogP contribution in [0.2, 0.25) is 0 Å². The van der Waals surface area contributed by atoms with E-state index in [1.165, 1.54) is 0 Å². The first-order valence-electron chi connectivity index (χ1n) is 2.29. The lowest BCUT2D eigenvalue weighted by molar-refractivity contribution is 0.243. The van der Waals surface area contributed by atoms with Crippen molar-refractivity contribution in [2.75, 3.05) is 19.7 Å². The summed E-state index contributed by atoms with van der Waals surface area (Å²) in [7, 11) is 0. The molecule has 1 radical (unpaired) electrons. The van der Waals surface area contributed by atoms with Crippen molar-refractivity contribution in [3.63, 3.8) is 0 Å². The van der Waals surface area contributed by atoms with E-state index in [0.717, 1.165) is 13.1 Å². The van der Waals surface area contributed by atoms with Gasteiger partial charge in [-0.3, -0.25) is 4.99 Å². The second-order valence-corrected chi connectivity index (χ2v) is 1.40. The van der Waals surface area contributed by atoms with Gasteiger partial charge in [-0.1, -0.05) is 0 Å². The Kier molecular flexibility index (Phi) is 1.26. The number of rotatable bonds is 1. The Morgan fingerprint density at radius 2 is 2.71 bits per heavy atom. The molecule has 1 aliphatic rings. The molecule has 0 spiro atoms. The summed E-state index contributed by atoms with van der Waals surface area (Å²) in [4.78, 5) is 3.85. The fourth-order valence-electron chi connectivity index (χ4n) is 0.544. The first kappa shape index (κ1) is 4.59. The standard InChI is InChI=1S/C4H7N2O/c7-3-4-5-1-2-6-4/h1-3H2,(H,5,6). The van der Waals surface area contributed by atoms with Crippen molar-refractivity contribution in [2.24, 2.45) is 4.99 Å². The molecule has 1 N–H and O–H groups in total. The van der Waals surface area contributed by atoms with Crippen LogP contribution < -0.4 is 5.32 Å². The Balaban J connectivity index is 2.36. The minimum Gasteiger partial charge on any atom is -0.370 e. The highest BCUT2D eigenvalue weighted by atomic mass is 16.3. The molecule has 0 fully saturated rings. The van der Waals surface area contributed by atoms with Gasteiger partial charge in [0.25, 0.3) is 0 Å². The molecule has 0 aliphatic carbocycles. The van der Waals surface area contributed by atoms with Crippen LogP contribution >= 0.6 is 0 Å². The predicted molar refractivity (Wildman–Crippen MR) is 25.9 cm³/mol. The Morgan fingerprint density at radius 1 is 1.86 bits per heavy atom. The first-order chi connectivity index (χ1) is 3.43. The number of hydrogen-bond acceptors (Lipinski definition) is 2. The molecule has 0 saturated heterocycles. The molecule has 7 heavy (non-hydrogen) atoms. The van der Waals surface area contributed by atoms with E-state index in [1.54, 1.807) is 0 Å². The average molecular weight is 99.1 g/mol. The summed E-state index contributed by atoms with van der Waals surface area (Å²) in [6.45, 7) is 1.43. The Hall–Kier alpha value is -0.570. The van der Waals surface area contributed by atoms with Gasteiger partial charge in [-0.15, -0.1) is 0 Å². The van der Waals surface area contributed by atoms with Crippen LogP contribution in [0.3, 0.4) is 0 Å². The second-order valence-electron chi connectivity index (χ2n) is 1.40. The lowest BCUT2D eigenvalue weighted by Crippen LogP contribution is -2.20. The quantitative estimate of drug-likeness (QED) is 0.469. The third kappa shape index (κ3) is 0.899. The zero-order valence-electron chi connectivity index (χ0n) is 3.98. The number of nitrogens with one attached hydrogen (secondary N) is 1. The second kappa shape index (κ2) is 1.93. The molecule has 3 heteroatoms. The van der Waals surface area contributed by atoms with Crippen molar-refractivity contribution >= 4 is 5.84 Å². The van der Waals surface area contributed by atoms with E-state index in [1.807, 2.05) is 0 Å². The monoisotopic (exact) mass is 99.1 g/mol. The number of amidine groups is 1. The van der Waals surface area contributed by atoms with E-state index in [-0.39, 0.29) is 6.61 Å². The third-order valence-corrected chi connectivity index (χ3v) is 0.880.